The lowest BCUT2D eigenvalue weighted by atomic mass is 10.1. The number of sulfonamides is 1. The molecule has 2 bridgehead atoms. The smallest absolute Gasteiger partial charge is 0.337 e. The van der Waals surface area contributed by atoms with Gasteiger partial charge in [0.1, 0.15) is 0 Å². The zero-order chi connectivity index (χ0) is 14.5. The fourth-order valence-electron chi connectivity index (χ4n) is 3.24. The highest BCUT2D eigenvalue weighted by Crippen LogP contribution is 2.41. The second kappa shape index (κ2) is 4.46. The monoisotopic (exact) mass is 296 g/mol. The summed E-state index contributed by atoms with van der Waals surface area (Å²) in [5.41, 5.74) is 5.53. The quantitative estimate of drug-likeness (QED) is 0.815. The minimum Gasteiger partial charge on any atom is -0.478 e. The first-order valence-electron chi connectivity index (χ1n) is 6.54. The fourth-order valence-corrected chi connectivity index (χ4v) is 5.15. The number of aromatic carboxylic acids is 1. The molecule has 1 aromatic carbocycles. The van der Waals surface area contributed by atoms with E-state index in [4.69, 9.17) is 5.73 Å². The van der Waals surface area contributed by atoms with Gasteiger partial charge in [-0.1, -0.05) is 0 Å². The van der Waals surface area contributed by atoms with Crippen LogP contribution in [0.15, 0.2) is 23.1 Å². The Bertz CT molecular complexity index is 671. The van der Waals surface area contributed by atoms with Crippen molar-refractivity contribution in [3.8, 4) is 0 Å². The van der Waals surface area contributed by atoms with Gasteiger partial charge in [-0.05, 0) is 43.4 Å². The van der Waals surface area contributed by atoms with Crippen LogP contribution in [0, 0.1) is 5.92 Å². The highest BCUT2D eigenvalue weighted by molar-refractivity contribution is 7.89. The van der Waals surface area contributed by atoms with Crippen LogP contribution in [0.2, 0.25) is 0 Å². The topological polar surface area (TPSA) is 101 Å². The average Bonchev–Trinajstić information content (AvgIpc) is 3.00. The SMILES string of the molecule is Nc1ccc(S(=O)(=O)N2CC3CCC2C3)c(C(=O)O)c1. The summed E-state index contributed by atoms with van der Waals surface area (Å²) in [6.07, 6.45) is 2.81. The number of nitrogens with zero attached hydrogens (tertiary/aromatic N) is 1. The third-order valence-electron chi connectivity index (χ3n) is 4.18. The standard InChI is InChI=1S/C13H16N2O4S/c14-9-2-4-12(11(6-9)13(16)17)20(18,19)15-7-8-1-3-10(15)5-8/h2,4,6,8,10H,1,3,5,7,14H2,(H,16,17). The lowest BCUT2D eigenvalue weighted by molar-refractivity contribution is 0.0692. The van der Waals surface area contributed by atoms with Gasteiger partial charge in [-0.15, -0.1) is 0 Å². The molecular formula is C13H16N2O4S. The van der Waals surface area contributed by atoms with E-state index >= 15 is 0 Å². The first-order valence-corrected chi connectivity index (χ1v) is 7.98. The van der Waals surface area contributed by atoms with E-state index < -0.39 is 16.0 Å². The molecule has 2 unspecified atom stereocenters. The third-order valence-corrected chi connectivity index (χ3v) is 6.16. The number of carbonyl (C=O) groups is 1. The molecule has 1 aliphatic heterocycles. The number of nitrogens with two attached hydrogens (primary N) is 1. The van der Waals surface area contributed by atoms with Crippen LogP contribution in [0.1, 0.15) is 29.6 Å². The molecule has 1 aliphatic carbocycles. The largest absolute Gasteiger partial charge is 0.478 e. The van der Waals surface area contributed by atoms with Gasteiger partial charge < -0.3 is 10.8 Å². The van der Waals surface area contributed by atoms with Crippen LogP contribution in [-0.2, 0) is 10.0 Å². The Morgan fingerprint density at radius 1 is 1.35 bits per heavy atom. The second-order valence-corrected chi connectivity index (χ2v) is 7.33. The van der Waals surface area contributed by atoms with Gasteiger partial charge in [0.15, 0.2) is 0 Å². The van der Waals surface area contributed by atoms with Crippen molar-refractivity contribution < 1.29 is 18.3 Å². The lowest BCUT2D eigenvalue weighted by Gasteiger charge is -2.26. The first kappa shape index (κ1) is 13.4. The highest BCUT2D eigenvalue weighted by atomic mass is 32.2. The summed E-state index contributed by atoms with van der Waals surface area (Å²) < 4.78 is 26.8. The van der Waals surface area contributed by atoms with E-state index in [1.807, 2.05) is 0 Å². The Hall–Kier alpha value is -1.60. The molecule has 7 heteroatoms. The van der Waals surface area contributed by atoms with Gasteiger partial charge in [0, 0.05) is 18.3 Å². The number of carboxylic acid groups (broad SMARTS) is 1. The van der Waals surface area contributed by atoms with E-state index in [0.29, 0.717) is 12.5 Å². The van der Waals surface area contributed by atoms with Crippen molar-refractivity contribution in [2.45, 2.75) is 30.2 Å². The maximum Gasteiger partial charge on any atom is 0.337 e. The predicted octanol–water partition coefficient (Wildman–Crippen LogP) is 1.14. The Morgan fingerprint density at radius 3 is 2.65 bits per heavy atom. The zero-order valence-electron chi connectivity index (χ0n) is 10.8. The Labute approximate surface area is 117 Å². The third kappa shape index (κ3) is 1.97. The minimum atomic E-state index is -3.77. The summed E-state index contributed by atoms with van der Waals surface area (Å²) in [5.74, 6) is -0.864. The van der Waals surface area contributed by atoms with Crippen molar-refractivity contribution in [1.82, 2.24) is 4.31 Å². The van der Waals surface area contributed by atoms with Gasteiger partial charge in [0.25, 0.3) is 0 Å². The summed E-state index contributed by atoms with van der Waals surface area (Å²) in [5, 5.41) is 9.19. The maximum absolute atomic E-state index is 12.7. The Kier molecular flexibility index (Phi) is 2.98. The Balaban J connectivity index is 2.06. The van der Waals surface area contributed by atoms with Crippen molar-refractivity contribution in [2.75, 3.05) is 12.3 Å². The Morgan fingerprint density at radius 2 is 2.10 bits per heavy atom. The minimum absolute atomic E-state index is 0.0178. The fraction of sp³-hybridized carbons (Fsp3) is 0.462. The first-order chi connectivity index (χ1) is 9.39. The van der Waals surface area contributed by atoms with E-state index in [0.717, 1.165) is 19.3 Å². The highest BCUT2D eigenvalue weighted by Gasteiger charge is 2.45. The number of fused-ring (bicyclic) bond motifs is 2. The van der Waals surface area contributed by atoms with Gasteiger partial charge in [-0.2, -0.15) is 4.31 Å². The lowest BCUT2D eigenvalue weighted by Crippen LogP contribution is -2.38. The van der Waals surface area contributed by atoms with Crippen LogP contribution >= 0.6 is 0 Å². The number of rotatable bonds is 3. The molecular weight excluding hydrogens is 280 g/mol. The molecule has 1 aromatic rings. The normalized spacial score (nSPS) is 26.0. The molecule has 0 aromatic heterocycles. The molecule has 0 spiro atoms. The summed E-state index contributed by atoms with van der Waals surface area (Å²) >= 11 is 0. The summed E-state index contributed by atoms with van der Waals surface area (Å²) in [6, 6.07) is 3.93. The summed E-state index contributed by atoms with van der Waals surface area (Å²) in [4.78, 5) is 11.1. The number of nitrogen functional groups attached to an aromatic ring is 1. The van der Waals surface area contributed by atoms with Gasteiger partial charge in [-0.25, -0.2) is 13.2 Å². The summed E-state index contributed by atoms with van der Waals surface area (Å²) in [6.45, 7) is 0.496. The molecule has 108 valence electrons. The van der Waals surface area contributed by atoms with Crippen LogP contribution in [0.3, 0.4) is 0 Å². The molecule has 2 atom stereocenters. The van der Waals surface area contributed by atoms with E-state index in [-0.39, 0.29) is 22.2 Å². The van der Waals surface area contributed by atoms with Crippen molar-refractivity contribution in [3.63, 3.8) is 0 Å². The predicted molar refractivity (Wildman–Crippen MR) is 72.8 cm³/mol. The van der Waals surface area contributed by atoms with E-state index in [2.05, 4.69) is 0 Å². The van der Waals surface area contributed by atoms with Crippen molar-refractivity contribution in [3.05, 3.63) is 23.8 Å². The van der Waals surface area contributed by atoms with Crippen LogP contribution in [-0.4, -0.2) is 36.4 Å². The van der Waals surface area contributed by atoms with Gasteiger partial charge in [-0.3, -0.25) is 0 Å². The number of anilines is 1. The zero-order valence-corrected chi connectivity index (χ0v) is 11.6. The second-order valence-electron chi connectivity index (χ2n) is 5.47. The van der Waals surface area contributed by atoms with Crippen LogP contribution in [0.4, 0.5) is 5.69 Å². The molecule has 1 saturated carbocycles. The number of hydrogen-bond donors (Lipinski definition) is 2. The van der Waals surface area contributed by atoms with Crippen molar-refractivity contribution >= 4 is 21.7 Å². The number of benzene rings is 1. The van der Waals surface area contributed by atoms with Gasteiger partial charge in [0.2, 0.25) is 10.0 Å². The molecule has 3 rings (SSSR count). The van der Waals surface area contributed by atoms with E-state index in [1.165, 1.54) is 22.5 Å². The van der Waals surface area contributed by atoms with E-state index in [1.54, 1.807) is 0 Å². The summed E-state index contributed by atoms with van der Waals surface area (Å²) in [7, 11) is -3.77. The molecule has 1 saturated heterocycles. The molecule has 6 nitrogen and oxygen atoms in total. The average molecular weight is 296 g/mol. The van der Waals surface area contributed by atoms with Gasteiger partial charge in [0.05, 0.1) is 10.5 Å². The van der Waals surface area contributed by atoms with Crippen LogP contribution in [0.5, 0.6) is 0 Å². The molecule has 2 aliphatic rings. The van der Waals surface area contributed by atoms with E-state index in [9.17, 15) is 18.3 Å². The van der Waals surface area contributed by atoms with Crippen molar-refractivity contribution in [2.24, 2.45) is 5.92 Å². The number of piperidine rings is 1. The molecule has 0 amide bonds. The van der Waals surface area contributed by atoms with Crippen LogP contribution in [0.25, 0.3) is 0 Å². The number of hydrogen-bond acceptors (Lipinski definition) is 4. The molecule has 0 radical (unpaired) electrons. The molecule has 2 fully saturated rings. The maximum atomic E-state index is 12.7. The number of carboxylic acids is 1. The molecule has 3 N–H and O–H groups in total. The molecule has 20 heavy (non-hydrogen) atoms. The molecule has 1 heterocycles. The van der Waals surface area contributed by atoms with Crippen LogP contribution < -0.4 is 5.73 Å². The van der Waals surface area contributed by atoms with Gasteiger partial charge >= 0.3 is 5.97 Å². The van der Waals surface area contributed by atoms with Crippen molar-refractivity contribution in [1.29, 1.82) is 0 Å².